The van der Waals surface area contributed by atoms with Crippen molar-refractivity contribution >= 4 is 17.5 Å². The van der Waals surface area contributed by atoms with Crippen LogP contribution in [0, 0.1) is 17.6 Å². The van der Waals surface area contributed by atoms with Crippen LogP contribution in [0.1, 0.15) is 13.8 Å². The van der Waals surface area contributed by atoms with Crippen LogP contribution in [0.4, 0.5) is 26.2 Å². The van der Waals surface area contributed by atoms with Gasteiger partial charge < -0.3 is 15.7 Å². The molecular formula is C21H22F2N4O. The first-order valence-electron chi connectivity index (χ1n) is 9.01. The minimum atomic E-state index is -0.979. The molecule has 28 heavy (non-hydrogen) atoms. The van der Waals surface area contributed by atoms with Gasteiger partial charge in [-0.1, -0.05) is 50.2 Å². The monoisotopic (exact) mass is 384 g/mol. The van der Waals surface area contributed by atoms with Crippen LogP contribution in [0.25, 0.3) is 11.3 Å². The maximum Gasteiger partial charge on any atom is 0.225 e. The molecule has 0 radical (unpaired) electrons. The molecule has 0 bridgehead atoms. The summed E-state index contributed by atoms with van der Waals surface area (Å²) in [5.41, 5.74) is 1.44. The van der Waals surface area contributed by atoms with E-state index in [9.17, 15) is 13.9 Å². The molecule has 0 aliphatic heterocycles. The summed E-state index contributed by atoms with van der Waals surface area (Å²) >= 11 is 0. The van der Waals surface area contributed by atoms with E-state index < -0.39 is 11.6 Å². The van der Waals surface area contributed by atoms with Gasteiger partial charge in [0.25, 0.3) is 0 Å². The van der Waals surface area contributed by atoms with E-state index in [1.165, 1.54) is 12.1 Å². The highest BCUT2D eigenvalue weighted by Gasteiger charge is 2.16. The van der Waals surface area contributed by atoms with Gasteiger partial charge in [0.15, 0.2) is 11.6 Å². The molecule has 0 saturated heterocycles. The van der Waals surface area contributed by atoms with Gasteiger partial charge >= 0.3 is 0 Å². The number of aliphatic hydroxyl groups excluding tert-OH is 1. The number of aromatic nitrogens is 2. The Morgan fingerprint density at radius 2 is 1.75 bits per heavy atom. The van der Waals surface area contributed by atoms with E-state index in [1.54, 1.807) is 6.07 Å². The first-order valence-corrected chi connectivity index (χ1v) is 9.01. The van der Waals surface area contributed by atoms with Gasteiger partial charge in [-0.25, -0.2) is 13.8 Å². The van der Waals surface area contributed by atoms with Crippen molar-refractivity contribution in [2.45, 2.75) is 19.9 Å². The maximum atomic E-state index is 14.1. The van der Waals surface area contributed by atoms with Gasteiger partial charge in [-0.05, 0) is 18.1 Å². The smallest absolute Gasteiger partial charge is 0.225 e. The van der Waals surface area contributed by atoms with E-state index in [2.05, 4.69) is 20.6 Å². The van der Waals surface area contributed by atoms with Crippen LogP contribution in [-0.2, 0) is 0 Å². The minimum absolute atomic E-state index is 0.0220. The fourth-order valence-electron chi connectivity index (χ4n) is 2.66. The zero-order valence-electron chi connectivity index (χ0n) is 15.7. The van der Waals surface area contributed by atoms with Crippen molar-refractivity contribution < 1.29 is 13.9 Å². The Bertz CT molecular complexity index is 935. The quantitative estimate of drug-likeness (QED) is 0.556. The highest BCUT2D eigenvalue weighted by Crippen LogP contribution is 2.26. The molecule has 1 aromatic heterocycles. The highest BCUT2D eigenvalue weighted by molar-refractivity contribution is 5.67. The summed E-state index contributed by atoms with van der Waals surface area (Å²) in [6.07, 6.45) is 0. The normalized spacial score (nSPS) is 12.1. The second kappa shape index (κ2) is 8.75. The standard InChI is InChI=1S/C21H22F2N4O/c1-13(2)18(12-28)26-21-25-17(14-7-4-3-5-8-14)11-19(27-21)24-16-10-6-9-15(22)20(16)23/h3-11,13,18,28H,12H2,1-2H3,(H2,24,25,26,27)/t18-/m0/s1. The molecule has 3 aromatic rings. The van der Waals surface area contributed by atoms with Gasteiger partial charge in [0.2, 0.25) is 5.95 Å². The second-order valence-corrected chi connectivity index (χ2v) is 6.73. The minimum Gasteiger partial charge on any atom is -0.394 e. The predicted octanol–water partition coefficient (Wildman–Crippen LogP) is 4.59. The zero-order chi connectivity index (χ0) is 20.1. The van der Waals surface area contributed by atoms with Crippen molar-refractivity contribution in [3.8, 4) is 11.3 Å². The molecule has 146 valence electrons. The summed E-state index contributed by atoms with van der Waals surface area (Å²) in [6, 6.07) is 14.8. The van der Waals surface area contributed by atoms with Gasteiger partial charge in [-0.15, -0.1) is 0 Å². The average Bonchev–Trinajstić information content (AvgIpc) is 2.70. The molecule has 0 spiro atoms. The SMILES string of the molecule is CC(C)[C@H](CO)Nc1nc(Nc2cccc(F)c2F)cc(-c2ccccc2)n1. The Labute approximate surface area is 162 Å². The molecule has 0 aliphatic rings. The number of hydrogen-bond acceptors (Lipinski definition) is 5. The molecule has 0 amide bonds. The lowest BCUT2D eigenvalue weighted by molar-refractivity contribution is 0.248. The van der Waals surface area contributed by atoms with Crippen LogP contribution in [0.3, 0.4) is 0 Å². The van der Waals surface area contributed by atoms with Crippen LogP contribution in [0.2, 0.25) is 0 Å². The number of anilines is 3. The Kier molecular flexibility index (Phi) is 6.16. The largest absolute Gasteiger partial charge is 0.394 e. The summed E-state index contributed by atoms with van der Waals surface area (Å²) in [4.78, 5) is 8.88. The fourth-order valence-corrected chi connectivity index (χ4v) is 2.66. The molecule has 5 nitrogen and oxygen atoms in total. The number of benzene rings is 2. The van der Waals surface area contributed by atoms with Gasteiger partial charge in [-0.3, -0.25) is 0 Å². The second-order valence-electron chi connectivity index (χ2n) is 6.73. The van der Waals surface area contributed by atoms with Crippen molar-refractivity contribution in [3.63, 3.8) is 0 Å². The average molecular weight is 384 g/mol. The van der Waals surface area contributed by atoms with Gasteiger partial charge in [0, 0.05) is 11.6 Å². The summed E-state index contributed by atoms with van der Waals surface area (Å²) < 4.78 is 27.6. The number of nitrogens with one attached hydrogen (secondary N) is 2. The van der Waals surface area contributed by atoms with E-state index in [0.29, 0.717) is 11.5 Å². The number of rotatable bonds is 7. The third kappa shape index (κ3) is 4.61. The van der Waals surface area contributed by atoms with E-state index in [1.807, 2.05) is 44.2 Å². The molecule has 0 unspecified atom stereocenters. The number of nitrogens with zero attached hydrogens (tertiary/aromatic N) is 2. The van der Waals surface area contributed by atoms with Crippen molar-refractivity contribution in [2.24, 2.45) is 5.92 Å². The third-order valence-electron chi connectivity index (χ3n) is 4.33. The van der Waals surface area contributed by atoms with E-state index in [4.69, 9.17) is 0 Å². The van der Waals surface area contributed by atoms with Crippen molar-refractivity contribution in [2.75, 3.05) is 17.2 Å². The van der Waals surface area contributed by atoms with Crippen LogP contribution in [0.5, 0.6) is 0 Å². The Morgan fingerprint density at radius 3 is 2.43 bits per heavy atom. The van der Waals surface area contributed by atoms with E-state index >= 15 is 0 Å². The highest BCUT2D eigenvalue weighted by atomic mass is 19.2. The molecule has 0 saturated carbocycles. The molecule has 3 rings (SSSR count). The topological polar surface area (TPSA) is 70.1 Å². The van der Waals surface area contributed by atoms with Crippen molar-refractivity contribution in [3.05, 3.63) is 66.2 Å². The Hall–Kier alpha value is -3.06. The number of halogens is 2. The first-order chi connectivity index (χ1) is 13.5. The van der Waals surface area contributed by atoms with Gasteiger partial charge in [-0.2, -0.15) is 4.98 Å². The van der Waals surface area contributed by atoms with Gasteiger partial charge in [0.1, 0.15) is 5.82 Å². The molecule has 0 aliphatic carbocycles. The number of hydrogen-bond donors (Lipinski definition) is 3. The lowest BCUT2D eigenvalue weighted by Crippen LogP contribution is -2.30. The van der Waals surface area contributed by atoms with Crippen molar-refractivity contribution in [1.82, 2.24) is 9.97 Å². The molecule has 2 aromatic carbocycles. The maximum absolute atomic E-state index is 14.1. The molecule has 3 N–H and O–H groups in total. The molecule has 0 fully saturated rings. The van der Waals surface area contributed by atoms with Gasteiger partial charge in [0.05, 0.1) is 24.0 Å². The molecule has 7 heteroatoms. The lowest BCUT2D eigenvalue weighted by atomic mass is 10.1. The lowest BCUT2D eigenvalue weighted by Gasteiger charge is -2.20. The molecule has 1 heterocycles. The fraction of sp³-hybridized carbons (Fsp3) is 0.238. The van der Waals surface area contributed by atoms with Crippen molar-refractivity contribution in [1.29, 1.82) is 0 Å². The van der Waals surface area contributed by atoms with Crippen LogP contribution in [-0.4, -0.2) is 27.7 Å². The summed E-state index contributed by atoms with van der Waals surface area (Å²) in [5, 5.41) is 15.5. The molecular weight excluding hydrogens is 362 g/mol. The number of aliphatic hydroxyl groups is 1. The Morgan fingerprint density at radius 1 is 1.00 bits per heavy atom. The first kappa shape index (κ1) is 19.7. The van der Waals surface area contributed by atoms with Crippen LogP contribution >= 0.6 is 0 Å². The summed E-state index contributed by atoms with van der Waals surface area (Å²) in [6.45, 7) is 3.85. The van der Waals surface area contributed by atoms with E-state index in [-0.39, 0.29) is 30.2 Å². The van der Waals surface area contributed by atoms with Crippen LogP contribution < -0.4 is 10.6 Å². The Balaban J connectivity index is 2.00. The molecule has 1 atom stereocenters. The zero-order valence-corrected chi connectivity index (χ0v) is 15.7. The van der Waals surface area contributed by atoms with E-state index in [0.717, 1.165) is 11.6 Å². The predicted molar refractivity (Wildman–Crippen MR) is 106 cm³/mol. The third-order valence-corrected chi connectivity index (χ3v) is 4.33. The van der Waals surface area contributed by atoms with Crippen LogP contribution in [0.15, 0.2) is 54.6 Å². The summed E-state index contributed by atoms with van der Waals surface area (Å²) in [5.74, 6) is -1.19. The summed E-state index contributed by atoms with van der Waals surface area (Å²) in [7, 11) is 0.